The third kappa shape index (κ3) is 2.88. The molecule has 1 aromatic carbocycles. The smallest absolute Gasteiger partial charge is 0.264 e. The van der Waals surface area contributed by atoms with Crippen LogP contribution in [0.4, 0.5) is 0 Å². The second-order valence-corrected chi connectivity index (χ2v) is 7.53. The Balaban J connectivity index is 2.48. The number of rotatable bonds is 3. The maximum Gasteiger partial charge on any atom is 0.264 e. The van der Waals surface area contributed by atoms with E-state index >= 15 is 0 Å². The van der Waals surface area contributed by atoms with Gasteiger partial charge in [-0.05, 0) is 38.8 Å². The minimum absolute atomic E-state index is 0.115. The van der Waals surface area contributed by atoms with Gasteiger partial charge in [-0.15, -0.1) is 0 Å². The van der Waals surface area contributed by atoms with Gasteiger partial charge in [0.25, 0.3) is 9.05 Å². The van der Waals surface area contributed by atoms with Crippen LogP contribution in [0.25, 0.3) is 0 Å². The summed E-state index contributed by atoms with van der Waals surface area (Å²) >= 11 is 0. The molecule has 0 N–H and O–H groups in total. The summed E-state index contributed by atoms with van der Waals surface area (Å²) in [6.07, 6.45) is 0. The van der Waals surface area contributed by atoms with Crippen LogP contribution in [0.3, 0.4) is 0 Å². The van der Waals surface area contributed by atoms with Crippen LogP contribution in [-0.4, -0.2) is 18.2 Å². The van der Waals surface area contributed by atoms with Gasteiger partial charge in [-0.2, -0.15) is 5.10 Å². The van der Waals surface area contributed by atoms with Crippen LogP contribution in [0, 0.1) is 27.7 Å². The molecule has 0 atom stereocenters. The van der Waals surface area contributed by atoms with Crippen LogP contribution in [-0.2, 0) is 15.6 Å². The molecule has 4 nitrogen and oxygen atoms in total. The number of nitrogens with zero attached hydrogens (tertiary/aromatic N) is 2. The first-order valence-electron chi connectivity index (χ1n) is 6.25. The number of hydrogen-bond acceptors (Lipinski definition) is 3. The Hall–Kier alpha value is -1.33. The number of hydrogen-bond donors (Lipinski definition) is 0. The lowest BCUT2D eigenvalue weighted by atomic mass is 10.1. The van der Waals surface area contributed by atoms with Crippen LogP contribution >= 0.6 is 10.7 Å². The molecule has 0 aliphatic rings. The minimum atomic E-state index is -3.77. The van der Waals surface area contributed by atoms with Crippen molar-refractivity contribution in [2.24, 2.45) is 0 Å². The van der Waals surface area contributed by atoms with E-state index in [1.807, 2.05) is 13.8 Å². The molecule has 6 heteroatoms. The van der Waals surface area contributed by atoms with Crippen molar-refractivity contribution in [3.8, 4) is 0 Å². The van der Waals surface area contributed by atoms with Gasteiger partial charge in [0.2, 0.25) is 0 Å². The standard InChI is InChI=1S/C14H17ClN2O2S/c1-9-5-6-10(2)13(7-9)8-17-12(4)14(11(3)16-17)20(15,18)19/h5-7H,8H2,1-4H3. The molecule has 20 heavy (non-hydrogen) atoms. The van der Waals surface area contributed by atoms with Crippen molar-refractivity contribution in [3.63, 3.8) is 0 Å². The molecule has 0 unspecified atom stereocenters. The summed E-state index contributed by atoms with van der Waals surface area (Å²) in [6, 6.07) is 6.19. The van der Waals surface area contributed by atoms with Crippen LogP contribution in [0.2, 0.25) is 0 Å². The van der Waals surface area contributed by atoms with E-state index in [1.54, 1.807) is 18.5 Å². The SMILES string of the molecule is Cc1ccc(C)c(Cn2nc(C)c(S(=O)(=O)Cl)c2C)c1. The van der Waals surface area contributed by atoms with Gasteiger partial charge in [0, 0.05) is 10.7 Å². The van der Waals surface area contributed by atoms with E-state index in [0.29, 0.717) is 17.9 Å². The zero-order valence-electron chi connectivity index (χ0n) is 11.9. The summed E-state index contributed by atoms with van der Waals surface area (Å²) in [4.78, 5) is 0.115. The van der Waals surface area contributed by atoms with E-state index in [-0.39, 0.29) is 4.90 Å². The topological polar surface area (TPSA) is 52.0 Å². The molecule has 0 radical (unpaired) electrons. The van der Waals surface area contributed by atoms with Crippen LogP contribution in [0.5, 0.6) is 0 Å². The van der Waals surface area contributed by atoms with Crippen molar-refractivity contribution in [1.82, 2.24) is 9.78 Å². The lowest BCUT2D eigenvalue weighted by molar-refractivity contribution is 0.607. The second-order valence-electron chi connectivity index (χ2n) is 5.03. The van der Waals surface area contributed by atoms with Crippen molar-refractivity contribution in [3.05, 3.63) is 46.3 Å². The first kappa shape index (κ1) is 15.1. The Kier molecular flexibility index (Phi) is 3.93. The van der Waals surface area contributed by atoms with Crippen molar-refractivity contribution >= 4 is 19.7 Å². The maximum atomic E-state index is 11.6. The van der Waals surface area contributed by atoms with Gasteiger partial charge in [0.1, 0.15) is 4.90 Å². The summed E-state index contributed by atoms with van der Waals surface area (Å²) in [6.45, 7) is 7.97. The van der Waals surface area contributed by atoms with Crippen molar-refractivity contribution in [2.75, 3.05) is 0 Å². The Morgan fingerprint density at radius 2 is 1.85 bits per heavy atom. The molecule has 108 valence electrons. The minimum Gasteiger partial charge on any atom is -0.264 e. The van der Waals surface area contributed by atoms with Gasteiger partial charge in [0.05, 0.1) is 17.9 Å². The fraction of sp³-hybridized carbons (Fsp3) is 0.357. The molecule has 0 saturated heterocycles. The third-order valence-electron chi connectivity index (χ3n) is 3.38. The highest BCUT2D eigenvalue weighted by Gasteiger charge is 2.22. The molecule has 0 aliphatic carbocycles. The van der Waals surface area contributed by atoms with Crippen LogP contribution in [0.15, 0.2) is 23.1 Å². The van der Waals surface area contributed by atoms with Gasteiger partial charge >= 0.3 is 0 Å². The van der Waals surface area contributed by atoms with Crippen molar-refractivity contribution < 1.29 is 8.42 Å². The molecular weight excluding hydrogens is 296 g/mol. The zero-order chi connectivity index (χ0) is 15.1. The molecule has 2 aromatic rings. The summed E-state index contributed by atoms with van der Waals surface area (Å²) in [5.41, 5.74) is 4.44. The highest BCUT2D eigenvalue weighted by atomic mass is 35.7. The summed E-state index contributed by atoms with van der Waals surface area (Å²) < 4.78 is 24.8. The molecule has 0 aliphatic heterocycles. The number of aromatic nitrogens is 2. The quantitative estimate of drug-likeness (QED) is 0.818. The molecule has 0 saturated carbocycles. The van der Waals surface area contributed by atoms with E-state index < -0.39 is 9.05 Å². The van der Waals surface area contributed by atoms with Crippen LogP contribution < -0.4 is 0 Å². The van der Waals surface area contributed by atoms with Gasteiger partial charge < -0.3 is 0 Å². The molecule has 0 fully saturated rings. The van der Waals surface area contributed by atoms with Gasteiger partial charge in [-0.25, -0.2) is 8.42 Å². The monoisotopic (exact) mass is 312 g/mol. The Bertz CT molecular complexity index is 764. The molecule has 2 rings (SSSR count). The zero-order valence-corrected chi connectivity index (χ0v) is 13.5. The summed E-state index contributed by atoms with van der Waals surface area (Å²) in [5, 5.41) is 4.30. The first-order chi connectivity index (χ1) is 9.20. The van der Waals surface area contributed by atoms with Gasteiger partial charge in [-0.3, -0.25) is 4.68 Å². The Labute approximate surface area is 123 Å². The third-order valence-corrected chi connectivity index (χ3v) is 4.93. The van der Waals surface area contributed by atoms with E-state index in [1.165, 1.54) is 0 Å². The van der Waals surface area contributed by atoms with Crippen LogP contribution in [0.1, 0.15) is 28.1 Å². The average molecular weight is 313 g/mol. The largest absolute Gasteiger partial charge is 0.264 e. The molecule has 1 aromatic heterocycles. The maximum absolute atomic E-state index is 11.6. The average Bonchev–Trinajstić information content (AvgIpc) is 2.58. The number of aryl methyl sites for hydroxylation is 3. The molecule has 0 amide bonds. The van der Waals surface area contributed by atoms with E-state index in [4.69, 9.17) is 10.7 Å². The van der Waals surface area contributed by atoms with Gasteiger partial charge in [-0.1, -0.05) is 23.8 Å². The number of halogens is 1. The lowest BCUT2D eigenvalue weighted by Gasteiger charge is -2.09. The summed E-state index contributed by atoms with van der Waals surface area (Å²) in [7, 11) is 1.70. The van der Waals surface area contributed by atoms with Crippen molar-refractivity contribution in [2.45, 2.75) is 39.1 Å². The molecule has 0 spiro atoms. The van der Waals surface area contributed by atoms with E-state index in [0.717, 1.165) is 16.7 Å². The first-order valence-corrected chi connectivity index (χ1v) is 8.56. The number of benzene rings is 1. The summed E-state index contributed by atoms with van der Waals surface area (Å²) in [5.74, 6) is 0. The predicted molar refractivity (Wildman–Crippen MR) is 79.8 cm³/mol. The van der Waals surface area contributed by atoms with Crippen molar-refractivity contribution in [1.29, 1.82) is 0 Å². The second kappa shape index (κ2) is 5.22. The highest BCUT2D eigenvalue weighted by molar-refractivity contribution is 8.13. The fourth-order valence-corrected chi connectivity index (χ4v) is 3.84. The van der Waals surface area contributed by atoms with Gasteiger partial charge in [0.15, 0.2) is 0 Å². The van der Waals surface area contributed by atoms with E-state index in [2.05, 4.69) is 23.3 Å². The fourth-order valence-electron chi connectivity index (χ4n) is 2.32. The Morgan fingerprint density at radius 1 is 1.20 bits per heavy atom. The predicted octanol–water partition coefficient (Wildman–Crippen LogP) is 3.09. The lowest BCUT2D eigenvalue weighted by Crippen LogP contribution is -2.06. The molecule has 0 bridgehead atoms. The normalized spacial score (nSPS) is 11.8. The van der Waals surface area contributed by atoms with E-state index in [9.17, 15) is 8.42 Å². The molecular formula is C14H17ClN2O2S. The Morgan fingerprint density at radius 3 is 2.40 bits per heavy atom. The highest BCUT2D eigenvalue weighted by Crippen LogP contribution is 2.24. The molecule has 1 heterocycles.